The molecule has 0 unspecified atom stereocenters. The minimum absolute atomic E-state index is 0.191. The molecule has 24 heavy (non-hydrogen) atoms. The Kier molecular flexibility index (Phi) is 3.86. The van der Waals surface area contributed by atoms with E-state index in [9.17, 15) is 9.59 Å². The number of amides is 3. The Morgan fingerprint density at radius 1 is 1.08 bits per heavy atom. The summed E-state index contributed by atoms with van der Waals surface area (Å²) < 4.78 is 0. The molecule has 3 amide bonds. The van der Waals surface area contributed by atoms with Gasteiger partial charge in [-0.1, -0.05) is 0 Å². The van der Waals surface area contributed by atoms with Crippen LogP contribution in [-0.4, -0.2) is 95.2 Å². The van der Waals surface area contributed by atoms with E-state index in [0.29, 0.717) is 18.6 Å². The molecule has 1 spiro atoms. The van der Waals surface area contributed by atoms with Gasteiger partial charge in [-0.05, 0) is 37.5 Å². The van der Waals surface area contributed by atoms with Gasteiger partial charge in [0.15, 0.2) is 0 Å². The van der Waals surface area contributed by atoms with Crippen molar-refractivity contribution in [3.05, 3.63) is 0 Å². The van der Waals surface area contributed by atoms with E-state index in [1.165, 1.54) is 0 Å². The van der Waals surface area contributed by atoms with E-state index in [-0.39, 0.29) is 11.4 Å². The summed E-state index contributed by atoms with van der Waals surface area (Å²) >= 11 is 0. The van der Waals surface area contributed by atoms with Crippen molar-refractivity contribution in [3.8, 4) is 0 Å². The molecule has 4 aliphatic rings. The number of hydrogen-bond donors (Lipinski definition) is 1. The summed E-state index contributed by atoms with van der Waals surface area (Å²) in [6.07, 6.45) is 4.70. The Morgan fingerprint density at radius 2 is 1.79 bits per heavy atom. The van der Waals surface area contributed by atoms with Crippen LogP contribution in [0.5, 0.6) is 0 Å². The van der Waals surface area contributed by atoms with Crippen LogP contribution >= 0.6 is 0 Å². The van der Waals surface area contributed by atoms with E-state index in [0.717, 1.165) is 64.8 Å². The maximum atomic E-state index is 12.1. The normalized spacial score (nSPS) is 35.1. The first-order valence-electron chi connectivity index (χ1n) is 9.21. The van der Waals surface area contributed by atoms with Gasteiger partial charge in [0.25, 0.3) is 0 Å². The van der Waals surface area contributed by atoms with Gasteiger partial charge in [0.2, 0.25) is 0 Å². The fourth-order valence-corrected chi connectivity index (χ4v) is 5.20. The maximum Gasteiger partial charge on any atom is 0.407 e. The van der Waals surface area contributed by atoms with Gasteiger partial charge in [-0.25, -0.2) is 9.59 Å². The molecule has 7 heteroatoms. The molecule has 0 radical (unpaired) electrons. The predicted molar refractivity (Wildman–Crippen MR) is 89.0 cm³/mol. The van der Waals surface area contributed by atoms with Crippen molar-refractivity contribution in [2.24, 2.45) is 5.41 Å². The highest BCUT2D eigenvalue weighted by Crippen LogP contribution is 2.50. The van der Waals surface area contributed by atoms with Crippen LogP contribution in [0.4, 0.5) is 9.59 Å². The third-order valence-electron chi connectivity index (χ3n) is 6.75. The fraction of sp³-hybridized carbons (Fsp3) is 0.882. The number of urea groups is 1. The molecule has 1 aliphatic carbocycles. The largest absolute Gasteiger partial charge is 0.465 e. The molecule has 0 aromatic rings. The summed E-state index contributed by atoms with van der Waals surface area (Å²) in [6.45, 7) is 5.30. The van der Waals surface area contributed by atoms with Crippen LogP contribution in [0.15, 0.2) is 0 Å². The van der Waals surface area contributed by atoms with Crippen molar-refractivity contribution >= 4 is 12.1 Å². The topological polar surface area (TPSA) is 67.3 Å². The molecule has 3 saturated heterocycles. The lowest BCUT2D eigenvalue weighted by Gasteiger charge is -2.52. The van der Waals surface area contributed by atoms with Crippen molar-refractivity contribution in [2.45, 2.75) is 44.2 Å². The standard InChI is InChI=1S/C17H28N4O3/c1-18-8-9-21(15(18)22)13-2-5-19(6-3-13)14-10-17(11-14)4-7-20(12-17)16(23)24/h13-14H,2-12H2,1H3,(H,23,24). The third kappa shape index (κ3) is 2.62. The molecule has 134 valence electrons. The SMILES string of the molecule is CN1CCN(C2CCN(C3CC4(CCN(C(=O)O)C4)C3)CC2)C1=O. The van der Waals surface area contributed by atoms with Crippen LogP contribution in [0.1, 0.15) is 32.1 Å². The van der Waals surface area contributed by atoms with Crippen molar-refractivity contribution in [2.75, 3.05) is 46.3 Å². The minimum Gasteiger partial charge on any atom is -0.465 e. The molecule has 1 N–H and O–H groups in total. The Balaban J connectivity index is 1.25. The number of hydrogen-bond acceptors (Lipinski definition) is 3. The summed E-state index contributed by atoms with van der Waals surface area (Å²) in [4.78, 5) is 31.3. The molecule has 4 fully saturated rings. The molecule has 7 nitrogen and oxygen atoms in total. The van der Waals surface area contributed by atoms with Gasteiger partial charge in [-0.15, -0.1) is 0 Å². The summed E-state index contributed by atoms with van der Waals surface area (Å²) in [5.74, 6) is 0. The van der Waals surface area contributed by atoms with Gasteiger partial charge in [0, 0.05) is 58.4 Å². The van der Waals surface area contributed by atoms with Crippen molar-refractivity contribution in [1.29, 1.82) is 0 Å². The lowest BCUT2D eigenvalue weighted by molar-refractivity contribution is -0.0109. The summed E-state index contributed by atoms with van der Waals surface area (Å²) in [5, 5.41) is 9.13. The molecule has 0 aromatic carbocycles. The fourth-order valence-electron chi connectivity index (χ4n) is 5.20. The average molecular weight is 336 g/mol. The third-order valence-corrected chi connectivity index (χ3v) is 6.75. The van der Waals surface area contributed by atoms with Gasteiger partial charge < -0.3 is 24.7 Å². The number of likely N-dealkylation sites (N-methyl/N-ethyl adjacent to an activating group) is 1. The average Bonchev–Trinajstić information content (AvgIpc) is 3.12. The second kappa shape index (κ2) is 5.79. The number of piperidine rings is 1. The number of rotatable bonds is 2. The Bertz CT molecular complexity index is 526. The molecule has 0 bridgehead atoms. The van der Waals surface area contributed by atoms with Crippen LogP contribution < -0.4 is 0 Å². The highest BCUT2D eigenvalue weighted by molar-refractivity contribution is 5.76. The molecule has 3 aliphatic heterocycles. The molecule has 0 aromatic heterocycles. The highest BCUT2D eigenvalue weighted by atomic mass is 16.4. The van der Waals surface area contributed by atoms with Gasteiger partial charge >= 0.3 is 12.1 Å². The Labute approximate surface area is 143 Å². The van der Waals surface area contributed by atoms with Crippen molar-refractivity contribution < 1.29 is 14.7 Å². The van der Waals surface area contributed by atoms with E-state index in [1.54, 1.807) is 4.90 Å². The first-order chi connectivity index (χ1) is 11.5. The van der Waals surface area contributed by atoms with Gasteiger partial charge in [-0.3, -0.25) is 0 Å². The molecule has 3 heterocycles. The van der Waals surface area contributed by atoms with Crippen molar-refractivity contribution in [1.82, 2.24) is 19.6 Å². The maximum absolute atomic E-state index is 12.1. The van der Waals surface area contributed by atoms with E-state index < -0.39 is 6.09 Å². The van der Waals surface area contributed by atoms with E-state index in [1.807, 2.05) is 11.9 Å². The predicted octanol–water partition coefficient (Wildman–Crippen LogP) is 1.35. The number of likely N-dealkylation sites (tertiary alicyclic amines) is 2. The second-order valence-corrected chi connectivity index (χ2v) is 8.18. The molecule has 0 atom stereocenters. The zero-order chi connectivity index (χ0) is 16.9. The highest BCUT2D eigenvalue weighted by Gasteiger charge is 2.51. The monoisotopic (exact) mass is 336 g/mol. The zero-order valence-corrected chi connectivity index (χ0v) is 14.5. The Morgan fingerprint density at radius 3 is 2.33 bits per heavy atom. The zero-order valence-electron chi connectivity index (χ0n) is 14.5. The van der Waals surface area contributed by atoms with Crippen LogP contribution in [0.3, 0.4) is 0 Å². The first kappa shape index (κ1) is 16.0. The van der Waals surface area contributed by atoms with E-state index in [4.69, 9.17) is 5.11 Å². The van der Waals surface area contributed by atoms with Crippen LogP contribution in [0, 0.1) is 5.41 Å². The molecule has 1 saturated carbocycles. The van der Waals surface area contributed by atoms with Crippen molar-refractivity contribution in [3.63, 3.8) is 0 Å². The van der Waals surface area contributed by atoms with Gasteiger partial charge in [-0.2, -0.15) is 0 Å². The van der Waals surface area contributed by atoms with E-state index in [2.05, 4.69) is 9.80 Å². The number of carboxylic acid groups (broad SMARTS) is 1. The number of nitrogens with zero attached hydrogens (tertiary/aromatic N) is 4. The summed E-state index contributed by atoms with van der Waals surface area (Å²) in [6, 6.07) is 1.22. The summed E-state index contributed by atoms with van der Waals surface area (Å²) in [5.41, 5.74) is 0.257. The molecule has 4 rings (SSSR count). The lowest BCUT2D eigenvalue weighted by Crippen LogP contribution is -2.56. The van der Waals surface area contributed by atoms with Crippen LogP contribution in [0.2, 0.25) is 0 Å². The van der Waals surface area contributed by atoms with Crippen LogP contribution in [-0.2, 0) is 0 Å². The second-order valence-electron chi connectivity index (χ2n) is 8.18. The molecular weight excluding hydrogens is 308 g/mol. The smallest absolute Gasteiger partial charge is 0.407 e. The van der Waals surface area contributed by atoms with Gasteiger partial charge in [0.1, 0.15) is 0 Å². The quantitative estimate of drug-likeness (QED) is 0.827. The first-order valence-corrected chi connectivity index (χ1v) is 9.21. The lowest BCUT2D eigenvalue weighted by atomic mass is 9.64. The Hall–Kier alpha value is -1.50. The number of carbonyl (C=O) groups excluding carboxylic acids is 1. The number of carbonyl (C=O) groups is 2. The van der Waals surface area contributed by atoms with E-state index >= 15 is 0 Å². The van der Waals surface area contributed by atoms with Gasteiger partial charge in [0.05, 0.1) is 0 Å². The molecular formula is C17H28N4O3. The van der Waals surface area contributed by atoms with Crippen LogP contribution in [0.25, 0.3) is 0 Å². The minimum atomic E-state index is -0.767. The summed E-state index contributed by atoms with van der Waals surface area (Å²) in [7, 11) is 1.88.